The quantitative estimate of drug-likeness (QED) is 0.197. The highest BCUT2D eigenvalue weighted by molar-refractivity contribution is 14.0. The number of rotatable bonds is 7. The summed E-state index contributed by atoms with van der Waals surface area (Å²) in [5.41, 5.74) is 0. The van der Waals surface area contributed by atoms with Crippen molar-refractivity contribution < 1.29 is 9.21 Å². The predicted octanol–water partition coefficient (Wildman–Crippen LogP) is 3.34. The van der Waals surface area contributed by atoms with Gasteiger partial charge >= 0.3 is 0 Å². The van der Waals surface area contributed by atoms with E-state index in [0.29, 0.717) is 6.54 Å². The zero-order valence-electron chi connectivity index (χ0n) is 16.8. The van der Waals surface area contributed by atoms with E-state index in [4.69, 9.17) is 9.41 Å². The van der Waals surface area contributed by atoms with Gasteiger partial charge in [0.05, 0.1) is 6.26 Å². The normalized spacial score (nSPS) is 14.4. The summed E-state index contributed by atoms with van der Waals surface area (Å²) < 4.78 is 5.40. The zero-order chi connectivity index (χ0) is 19.6. The maximum atomic E-state index is 11.6. The molecule has 6 nitrogen and oxygen atoms in total. The summed E-state index contributed by atoms with van der Waals surface area (Å²) in [6.45, 7) is 6.24. The van der Waals surface area contributed by atoms with Crippen molar-refractivity contribution in [1.29, 1.82) is 0 Å². The van der Waals surface area contributed by atoms with Crippen LogP contribution in [0.2, 0.25) is 0 Å². The molecule has 3 rings (SSSR count). The fourth-order valence-electron chi connectivity index (χ4n) is 3.08. The van der Waals surface area contributed by atoms with Gasteiger partial charge in [0.1, 0.15) is 5.76 Å². The van der Waals surface area contributed by atoms with E-state index in [1.54, 1.807) is 13.2 Å². The van der Waals surface area contributed by atoms with Gasteiger partial charge in [-0.1, -0.05) is 18.2 Å². The van der Waals surface area contributed by atoms with Crippen molar-refractivity contribution >= 4 is 47.6 Å². The van der Waals surface area contributed by atoms with Gasteiger partial charge in [0.2, 0.25) is 5.91 Å². The molecule has 2 heterocycles. The third-order valence-electron chi connectivity index (χ3n) is 4.62. The largest absolute Gasteiger partial charge is 0.469 e. The number of thioether (sulfide) groups is 1. The molecule has 0 bridgehead atoms. The monoisotopic (exact) mass is 528 g/mol. The van der Waals surface area contributed by atoms with Gasteiger partial charge in [-0.25, -0.2) is 0 Å². The molecular weight excluding hydrogens is 499 g/mol. The summed E-state index contributed by atoms with van der Waals surface area (Å²) in [5, 5.41) is 3.50. The first-order valence-electron chi connectivity index (χ1n) is 9.71. The van der Waals surface area contributed by atoms with E-state index >= 15 is 0 Å². The Labute approximate surface area is 194 Å². The van der Waals surface area contributed by atoms with Crippen LogP contribution in [0.5, 0.6) is 0 Å². The molecule has 0 unspecified atom stereocenters. The van der Waals surface area contributed by atoms with E-state index in [0.717, 1.165) is 56.6 Å². The Kier molecular flexibility index (Phi) is 10.4. The number of aliphatic imine (C=N–C) groups is 1. The molecule has 1 aromatic carbocycles. The standard InChI is InChI=1S/C21H28N4O2S.HI/c1-18(26)24-12-14-25(15-13-24)21(22-10-9-19-6-5-16-27-19)23-11-17-28-20-7-3-2-4-8-20;/h2-8,16H,9-15,17H2,1H3,(H,22,23);1H. The van der Waals surface area contributed by atoms with Crippen LogP contribution in [0.25, 0.3) is 0 Å². The van der Waals surface area contributed by atoms with Crippen LogP contribution in [0, 0.1) is 0 Å². The second kappa shape index (κ2) is 12.8. The highest BCUT2D eigenvalue weighted by atomic mass is 127. The third-order valence-corrected chi connectivity index (χ3v) is 5.64. The molecule has 1 aliphatic rings. The van der Waals surface area contributed by atoms with Gasteiger partial charge in [-0.15, -0.1) is 35.7 Å². The van der Waals surface area contributed by atoms with Crippen LogP contribution in [0.3, 0.4) is 0 Å². The van der Waals surface area contributed by atoms with Gasteiger partial charge in [0.15, 0.2) is 5.96 Å². The molecule has 1 amide bonds. The van der Waals surface area contributed by atoms with Crippen LogP contribution in [0.15, 0.2) is 63.0 Å². The lowest BCUT2D eigenvalue weighted by atomic mass is 10.3. The van der Waals surface area contributed by atoms with Gasteiger partial charge in [0, 0.05) is 63.3 Å². The number of hydrogen-bond acceptors (Lipinski definition) is 4. The maximum Gasteiger partial charge on any atom is 0.219 e. The Bertz CT molecular complexity index is 747. The number of amides is 1. The fraction of sp³-hybridized carbons (Fsp3) is 0.429. The molecule has 8 heteroatoms. The molecule has 29 heavy (non-hydrogen) atoms. The molecule has 0 spiro atoms. The Balaban J connectivity index is 0.00000300. The van der Waals surface area contributed by atoms with Gasteiger partial charge < -0.3 is 19.5 Å². The first kappa shape index (κ1) is 23.6. The Hall–Kier alpha value is -1.68. The SMILES string of the molecule is CC(=O)N1CCN(C(=NCCc2ccco2)NCCSc2ccccc2)CC1.I. The Morgan fingerprint density at radius 3 is 2.48 bits per heavy atom. The van der Waals surface area contributed by atoms with Crippen molar-refractivity contribution in [3.05, 3.63) is 54.5 Å². The van der Waals surface area contributed by atoms with Crippen LogP contribution >= 0.6 is 35.7 Å². The smallest absolute Gasteiger partial charge is 0.219 e. The molecule has 2 aromatic rings. The third kappa shape index (κ3) is 7.93. The van der Waals surface area contributed by atoms with Gasteiger partial charge in [-0.3, -0.25) is 9.79 Å². The summed E-state index contributed by atoms with van der Waals surface area (Å²) in [4.78, 5) is 21.8. The second-order valence-corrected chi connectivity index (χ2v) is 7.78. The highest BCUT2D eigenvalue weighted by Gasteiger charge is 2.21. The van der Waals surface area contributed by atoms with E-state index in [1.807, 2.05) is 34.9 Å². The fourth-order valence-corrected chi connectivity index (χ4v) is 3.87. The van der Waals surface area contributed by atoms with Crippen molar-refractivity contribution in [2.75, 3.05) is 45.0 Å². The van der Waals surface area contributed by atoms with Crippen LogP contribution in [-0.4, -0.2) is 66.7 Å². The zero-order valence-corrected chi connectivity index (χ0v) is 19.9. The van der Waals surface area contributed by atoms with Crippen molar-refractivity contribution in [1.82, 2.24) is 15.1 Å². The topological polar surface area (TPSA) is 61.1 Å². The van der Waals surface area contributed by atoms with Crippen molar-refractivity contribution in [3.8, 4) is 0 Å². The van der Waals surface area contributed by atoms with Crippen LogP contribution in [0.4, 0.5) is 0 Å². The van der Waals surface area contributed by atoms with Crippen LogP contribution in [0.1, 0.15) is 12.7 Å². The van der Waals surface area contributed by atoms with E-state index in [-0.39, 0.29) is 29.9 Å². The van der Waals surface area contributed by atoms with Gasteiger partial charge in [-0.2, -0.15) is 0 Å². The van der Waals surface area contributed by atoms with Gasteiger partial charge in [-0.05, 0) is 24.3 Å². The Morgan fingerprint density at radius 2 is 1.83 bits per heavy atom. The summed E-state index contributed by atoms with van der Waals surface area (Å²) in [5.74, 6) is 2.98. The molecular formula is C21H29IN4O2S. The number of benzene rings is 1. The molecule has 1 saturated heterocycles. The minimum atomic E-state index is 0. The average Bonchev–Trinajstić information content (AvgIpc) is 3.24. The summed E-state index contributed by atoms with van der Waals surface area (Å²) in [6.07, 6.45) is 2.48. The molecule has 1 N–H and O–H groups in total. The predicted molar refractivity (Wildman–Crippen MR) is 129 cm³/mol. The number of halogens is 1. The van der Waals surface area contributed by atoms with Crippen LogP contribution < -0.4 is 5.32 Å². The first-order valence-corrected chi connectivity index (χ1v) is 10.7. The lowest BCUT2D eigenvalue weighted by molar-refractivity contribution is -0.130. The number of carbonyl (C=O) groups excluding carboxylic acids is 1. The van der Waals surface area contributed by atoms with E-state index in [9.17, 15) is 4.79 Å². The first-order chi connectivity index (χ1) is 13.7. The van der Waals surface area contributed by atoms with Crippen molar-refractivity contribution in [2.45, 2.75) is 18.2 Å². The molecule has 1 fully saturated rings. The van der Waals surface area contributed by atoms with Crippen molar-refractivity contribution in [2.24, 2.45) is 4.99 Å². The molecule has 0 radical (unpaired) electrons. The van der Waals surface area contributed by atoms with Crippen LogP contribution in [-0.2, 0) is 11.2 Å². The molecule has 0 atom stereocenters. The number of piperazine rings is 1. The Morgan fingerprint density at radius 1 is 1.10 bits per heavy atom. The molecule has 1 aliphatic heterocycles. The molecule has 158 valence electrons. The van der Waals surface area contributed by atoms with E-state index < -0.39 is 0 Å². The average molecular weight is 528 g/mol. The molecule has 0 aliphatic carbocycles. The second-order valence-electron chi connectivity index (χ2n) is 6.62. The number of hydrogen-bond donors (Lipinski definition) is 1. The molecule has 1 aromatic heterocycles. The number of nitrogens with one attached hydrogen (secondary N) is 1. The lowest BCUT2D eigenvalue weighted by Gasteiger charge is -2.36. The highest BCUT2D eigenvalue weighted by Crippen LogP contribution is 2.15. The summed E-state index contributed by atoms with van der Waals surface area (Å²) >= 11 is 1.83. The minimum Gasteiger partial charge on any atom is -0.469 e. The summed E-state index contributed by atoms with van der Waals surface area (Å²) in [7, 11) is 0. The lowest BCUT2D eigenvalue weighted by Crippen LogP contribution is -2.53. The number of carbonyl (C=O) groups is 1. The molecule has 0 saturated carbocycles. The summed E-state index contributed by atoms with van der Waals surface area (Å²) in [6, 6.07) is 14.3. The van der Waals surface area contributed by atoms with Crippen molar-refractivity contribution in [3.63, 3.8) is 0 Å². The minimum absolute atomic E-state index is 0. The number of nitrogens with zero attached hydrogens (tertiary/aromatic N) is 3. The van der Waals surface area contributed by atoms with E-state index in [1.165, 1.54) is 4.90 Å². The van der Waals surface area contributed by atoms with E-state index in [2.05, 4.69) is 34.5 Å². The van der Waals surface area contributed by atoms with Gasteiger partial charge in [0.25, 0.3) is 0 Å². The number of furan rings is 1. The maximum absolute atomic E-state index is 11.6. The number of guanidine groups is 1.